The van der Waals surface area contributed by atoms with Crippen molar-refractivity contribution in [3.63, 3.8) is 0 Å². The molecule has 0 radical (unpaired) electrons. The molecule has 0 bridgehead atoms. The molecule has 1 atom stereocenters. The number of hydrogen-bond donors (Lipinski definition) is 2. The molecule has 0 spiro atoms. The van der Waals surface area contributed by atoms with Crippen LogP contribution in [0.25, 0.3) is 0 Å². The van der Waals surface area contributed by atoms with Crippen LogP contribution in [0.4, 0.5) is 0 Å². The van der Waals surface area contributed by atoms with Crippen LogP contribution in [0.3, 0.4) is 0 Å². The van der Waals surface area contributed by atoms with Gasteiger partial charge in [-0.25, -0.2) is 0 Å². The fourth-order valence-corrected chi connectivity index (χ4v) is 1.21. The van der Waals surface area contributed by atoms with E-state index in [1.165, 1.54) is 0 Å². The summed E-state index contributed by atoms with van der Waals surface area (Å²) in [5.74, 6) is 0.711. The molecule has 0 saturated heterocycles. The van der Waals surface area contributed by atoms with E-state index in [4.69, 9.17) is 5.11 Å². The molecule has 62 valence electrons. The summed E-state index contributed by atoms with van der Waals surface area (Å²) in [6.07, 6.45) is -0.255. The Hall–Kier alpha value is 0.270. The maximum atomic E-state index is 9.03. The zero-order valence-electron chi connectivity index (χ0n) is 6.91. The lowest BCUT2D eigenvalue weighted by Gasteiger charge is -2.25. The molecule has 0 aliphatic rings. The van der Waals surface area contributed by atoms with Crippen molar-refractivity contribution >= 4 is 12.6 Å². The Balaban J connectivity index is 3.60. The molecule has 0 saturated carbocycles. The van der Waals surface area contributed by atoms with Gasteiger partial charge in [0.05, 0.1) is 6.10 Å². The van der Waals surface area contributed by atoms with E-state index in [1.54, 1.807) is 6.92 Å². The van der Waals surface area contributed by atoms with Crippen LogP contribution in [-0.4, -0.2) is 34.6 Å². The lowest BCUT2D eigenvalue weighted by atomic mass is 10.3. The quantitative estimate of drug-likeness (QED) is 0.476. The Morgan fingerprint density at radius 1 is 1.40 bits per heavy atom. The molecule has 10 heavy (non-hydrogen) atoms. The molecule has 0 aliphatic carbocycles. The van der Waals surface area contributed by atoms with Gasteiger partial charge in [0.1, 0.15) is 0 Å². The minimum atomic E-state index is -0.255. The second kappa shape index (κ2) is 4.99. The van der Waals surface area contributed by atoms with Gasteiger partial charge in [-0.3, -0.25) is 4.90 Å². The Kier molecular flexibility index (Phi) is 5.13. The average Bonchev–Trinajstić information content (AvgIpc) is 1.81. The van der Waals surface area contributed by atoms with Crippen LogP contribution in [0.2, 0.25) is 0 Å². The molecule has 0 heterocycles. The van der Waals surface area contributed by atoms with Crippen LogP contribution < -0.4 is 0 Å². The SMILES string of the molecule is CC(O)CN(CS)C(C)C. The highest BCUT2D eigenvalue weighted by Crippen LogP contribution is 2.00. The summed E-state index contributed by atoms with van der Waals surface area (Å²) < 4.78 is 0. The van der Waals surface area contributed by atoms with Crippen LogP contribution in [-0.2, 0) is 0 Å². The number of nitrogens with zero attached hydrogens (tertiary/aromatic N) is 1. The Morgan fingerprint density at radius 2 is 1.90 bits per heavy atom. The van der Waals surface area contributed by atoms with Gasteiger partial charge in [0.15, 0.2) is 0 Å². The molecule has 1 unspecified atom stereocenters. The highest BCUT2D eigenvalue weighted by molar-refractivity contribution is 7.80. The molecule has 0 aromatic rings. The predicted octanol–water partition coefficient (Wildman–Crippen LogP) is 0.965. The maximum absolute atomic E-state index is 9.03. The van der Waals surface area contributed by atoms with E-state index in [1.807, 2.05) is 0 Å². The number of aliphatic hydroxyl groups is 1. The van der Waals surface area contributed by atoms with Gasteiger partial charge in [-0.1, -0.05) is 0 Å². The van der Waals surface area contributed by atoms with Gasteiger partial charge < -0.3 is 5.11 Å². The first-order chi connectivity index (χ1) is 4.57. The lowest BCUT2D eigenvalue weighted by molar-refractivity contribution is 0.122. The molecule has 0 aromatic heterocycles. The minimum Gasteiger partial charge on any atom is -0.392 e. The average molecular weight is 163 g/mol. The first-order valence-electron chi connectivity index (χ1n) is 3.61. The molecule has 0 fully saturated rings. The van der Waals surface area contributed by atoms with Crippen molar-refractivity contribution in [1.82, 2.24) is 4.90 Å². The maximum Gasteiger partial charge on any atom is 0.0639 e. The van der Waals surface area contributed by atoms with Crippen molar-refractivity contribution in [2.24, 2.45) is 0 Å². The van der Waals surface area contributed by atoms with Crippen molar-refractivity contribution in [2.45, 2.75) is 32.9 Å². The van der Waals surface area contributed by atoms with Gasteiger partial charge in [0, 0.05) is 18.5 Å². The highest BCUT2D eigenvalue weighted by Gasteiger charge is 2.08. The highest BCUT2D eigenvalue weighted by atomic mass is 32.1. The summed E-state index contributed by atoms with van der Waals surface area (Å²) in [6, 6.07) is 0.465. The number of rotatable bonds is 4. The number of hydrogen-bond acceptors (Lipinski definition) is 3. The van der Waals surface area contributed by atoms with E-state index in [2.05, 4.69) is 31.4 Å². The van der Waals surface area contributed by atoms with Crippen molar-refractivity contribution in [1.29, 1.82) is 0 Å². The first kappa shape index (κ1) is 10.3. The van der Waals surface area contributed by atoms with Gasteiger partial charge in [0.25, 0.3) is 0 Å². The van der Waals surface area contributed by atoms with Gasteiger partial charge in [0.2, 0.25) is 0 Å². The number of aliphatic hydroxyl groups excluding tert-OH is 1. The third-order valence-electron chi connectivity index (χ3n) is 1.41. The lowest BCUT2D eigenvalue weighted by Crippen LogP contribution is -2.35. The van der Waals surface area contributed by atoms with Crippen LogP contribution in [0, 0.1) is 0 Å². The third kappa shape index (κ3) is 4.14. The predicted molar refractivity (Wildman–Crippen MR) is 47.4 cm³/mol. The van der Waals surface area contributed by atoms with Gasteiger partial charge >= 0.3 is 0 Å². The first-order valence-corrected chi connectivity index (χ1v) is 4.24. The summed E-state index contributed by atoms with van der Waals surface area (Å²) in [7, 11) is 0. The van der Waals surface area contributed by atoms with Crippen molar-refractivity contribution in [2.75, 3.05) is 12.4 Å². The molecule has 3 heteroatoms. The second-order valence-corrected chi connectivity index (χ2v) is 3.14. The summed E-state index contributed by atoms with van der Waals surface area (Å²) >= 11 is 4.14. The smallest absolute Gasteiger partial charge is 0.0639 e. The third-order valence-corrected chi connectivity index (χ3v) is 1.77. The van der Waals surface area contributed by atoms with Crippen molar-refractivity contribution in [3.8, 4) is 0 Å². The number of thiol groups is 1. The van der Waals surface area contributed by atoms with E-state index >= 15 is 0 Å². The van der Waals surface area contributed by atoms with E-state index in [9.17, 15) is 0 Å². The molecule has 1 N–H and O–H groups in total. The molecule has 0 aromatic carbocycles. The standard InChI is InChI=1S/C7H17NOS/c1-6(2)8(5-10)4-7(3)9/h6-7,9-10H,4-5H2,1-3H3. The normalized spacial score (nSPS) is 14.7. The van der Waals surface area contributed by atoms with Crippen LogP contribution in [0.1, 0.15) is 20.8 Å². The van der Waals surface area contributed by atoms with Crippen LogP contribution >= 0.6 is 12.6 Å². The monoisotopic (exact) mass is 163 g/mol. The molecular formula is C7H17NOS. The largest absolute Gasteiger partial charge is 0.392 e. The zero-order chi connectivity index (χ0) is 8.15. The fraction of sp³-hybridized carbons (Fsp3) is 1.00. The summed E-state index contributed by atoms with van der Waals surface area (Å²) in [4.78, 5) is 2.10. The second-order valence-electron chi connectivity index (χ2n) is 2.86. The van der Waals surface area contributed by atoms with Gasteiger partial charge in [-0.15, -0.1) is 0 Å². The Morgan fingerprint density at radius 3 is 2.00 bits per heavy atom. The van der Waals surface area contributed by atoms with Crippen LogP contribution in [0.5, 0.6) is 0 Å². The van der Waals surface area contributed by atoms with E-state index in [0.29, 0.717) is 18.5 Å². The van der Waals surface area contributed by atoms with Crippen LogP contribution in [0.15, 0.2) is 0 Å². The molecule has 0 rings (SSSR count). The summed E-state index contributed by atoms with van der Waals surface area (Å²) in [5, 5.41) is 9.03. The molecule has 0 aliphatic heterocycles. The summed E-state index contributed by atoms with van der Waals surface area (Å²) in [6.45, 7) is 6.69. The van der Waals surface area contributed by atoms with E-state index in [-0.39, 0.29) is 6.10 Å². The zero-order valence-corrected chi connectivity index (χ0v) is 7.80. The Bertz CT molecular complexity index is 85.7. The van der Waals surface area contributed by atoms with E-state index in [0.717, 1.165) is 0 Å². The topological polar surface area (TPSA) is 23.5 Å². The van der Waals surface area contributed by atoms with Crippen molar-refractivity contribution in [3.05, 3.63) is 0 Å². The van der Waals surface area contributed by atoms with E-state index < -0.39 is 0 Å². The molecular weight excluding hydrogens is 146 g/mol. The Labute approximate surface area is 68.6 Å². The van der Waals surface area contributed by atoms with Gasteiger partial charge in [-0.05, 0) is 20.8 Å². The summed E-state index contributed by atoms with van der Waals surface area (Å²) in [5.41, 5.74) is 0. The molecule has 2 nitrogen and oxygen atoms in total. The fourth-order valence-electron chi connectivity index (χ4n) is 0.771. The van der Waals surface area contributed by atoms with Gasteiger partial charge in [-0.2, -0.15) is 12.6 Å². The molecule has 0 amide bonds. The minimum absolute atomic E-state index is 0.255. The van der Waals surface area contributed by atoms with Crippen molar-refractivity contribution < 1.29 is 5.11 Å².